The van der Waals surface area contributed by atoms with Gasteiger partial charge in [0.2, 0.25) is 11.8 Å². The van der Waals surface area contributed by atoms with Crippen molar-refractivity contribution in [2.24, 2.45) is 0 Å². The molecule has 0 spiro atoms. The smallest absolute Gasteiger partial charge is 0.315 e. The summed E-state index contributed by atoms with van der Waals surface area (Å²) in [6.07, 6.45) is 0.960. The number of rotatable bonds is 7. The van der Waals surface area contributed by atoms with Crippen molar-refractivity contribution in [2.75, 3.05) is 13.1 Å². The lowest BCUT2D eigenvalue weighted by Crippen LogP contribution is -2.37. The van der Waals surface area contributed by atoms with Gasteiger partial charge in [-0.2, -0.15) is 0 Å². The Labute approximate surface area is 138 Å². The number of imide groups is 1. The second-order valence-electron chi connectivity index (χ2n) is 5.29. The third kappa shape index (κ3) is 4.51. The van der Waals surface area contributed by atoms with E-state index >= 15 is 0 Å². The molecule has 1 fully saturated rings. The minimum absolute atomic E-state index is 0.0338. The zero-order valence-corrected chi connectivity index (χ0v) is 13.0. The summed E-state index contributed by atoms with van der Waals surface area (Å²) in [6, 6.07) is 5.70. The summed E-state index contributed by atoms with van der Waals surface area (Å²) >= 11 is 0. The molecule has 0 unspecified atom stereocenters. The Kier molecular flexibility index (Phi) is 5.83. The van der Waals surface area contributed by atoms with Gasteiger partial charge >= 0.3 is 6.03 Å². The van der Waals surface area contributed by atoms with E-state index < -0.39 is 11.0 Å². The van der Waals surface area contributed by atoms with Gasteiger partial charge in [-0.15, -0.1) is 0 Å². The number of nitro benzene ring substituents is 1. The molecule has 0 aliphatic carbocycles. The van der Waals surface area contributed by atoms with Crippen LogP contribution in [0.5, 0.6) is 0 Å². The number of amides is 4. The van der Waals surface area contributed by atoms with Gasteiger partial charge in [-0.1, -0.05) is 18.2 Å². The lowest BCUT2D eigenvalue weighted by molar-refractivity contribution is -0.385. The van der Waals surface area contributed by atoms with Gasteiger partial charge in [0.05, 0.1) is 11.5 Å². The molecule has 1 saturated heterocycles. The maximum atomic E-state index is 11.7. The molecule has 24 heavy (non-hydrogen) atoms. The zero-order chi connectivity index (χ0) is 17.5. The van der Waals surface area contributed by atoms with Crippen LogP contribution in [0.25, 0.3) is 0 Å². The molecule has 0 atom stereocenters. The highest BCUT2D eigenvalue weighted by atomic mass is 16.6. The Balaban J connectivity index is 1.70. The molecule has 0 bridgehead atoms. The summed E-state index contributed by atoms with van der Waals surface area (Å²) in [5.41, 5.74) is 0.356. The first-order chi connectivity index (χ1) is 11.5. The number of hydrogen-bond donors (Lipinski definition) is 2. The number of hydrogen-bond acceptors (Lipinski definition) is 5. The Bertz CT molecular complexity index is 645. The largest absolute Gasteiger partial charge is 0.338 e. The first kappa shape index (κ1) is 17.4. The van der Waals surface area contributed by atoms with Crippen molar-refractivity contribution in [3.8, 4) is 0 Å². The summed E-state index contributed by atoms with van der Waals surface area (Å²) in [6.45, 7) is 0.605. The standard InChI is InChI=1S/C15H18N4O5/c20-13-6-7-14(21)18(13)9-3-8-16-15(22)17-10-11-4-1-2-5-12(11)19(23)24/h1-2,4-5H,3,6-10H2,(H2,16,17,22). The third-order valence-corrected chi connectivity index (χ3v) is 3.63. The van der Waals surface area contributed by atoms with Crippen LogP contribution in [0.1, 0.15) is 24.8 Å². The van der Waals surface area contributed by atoms with Gasteiger partial charge in [-0.05, 0) is 6.42 Å². The number of nitro groups is 1. The van der Waals surface area contributed by atoms with Crippen LogP contribution in [0, 0.1) is 10.1 Å². The predicted octanol–water partition coefficient (Wildman–Crippen LogP) is 0.933. The van der Waals surface area contributed by atoms with Gasteiger partial charge < -0.3 is 10.6 Å². The maximum Gasteiger partial charge on any atom is 0.315 e. The summed E-state index contributed by atoms with van der Waals surface area (Å²) in [4.78, 5) is 46.1. The molecular weight excluding hydrogens is 316 g/mol. The zero-order valence-electron chi connectivity index (χ0n) is 13.0. The van der Waals surface area contributed by atoms with Crippen LogP contribution in [0.4, 0.5) is 10.5 Å². The van der Waals surface area contributed by atoms with E-state index in [9.17, 15) is 24.5 Å². The molecule has 4 amide bonds. The topological polar surface area (TPSA) is 122 Å². The Morgan fingerprint density at radius 3 is 2.50 bits per heavy atom. The van der Waals surface area contributed by atoms with Crippen molar-refractivity contribution in [3.05, 3.63) is 39.9 Å². The quantitative estimate of drug-likeness (QED) is 0.332. The fraction of sp³-hybridized carbons (Fsp3) is 0.400. The molecule has 128 valence electrons. The molecule has 2 N–H and O–H groups in total. The van der Waals surface area contributed by atoms with E-state index in [-0.39, 0.29) is 43.4 Å². The van der Waals surface area contributed by atoms with E-state index in [4.69, 9.17) is 0 Å². The van der Waals surface area contributed by atoms with Crippen molar-refractivity contribution < 1.29 is 19.3 Å². The number of nitrogens with one attached hydrogen (secondary N) is 2. The molecule has 9 nitrogen and oxygen atoms in total. The van der Waals surface area contributed by atoms with Gasteiger partial charge in [0, 0.05) is 37.6 Å². The molecule has 1 aliphatic rings. The number of urea groups is 1. The van der Waals surface area contributed by atoms with Crippen molar-refractivity contribution in [1.82, 2.24) is 15.5 Å². The molecule has 0 saturated carbocycles. The Morgan fingerprint density at radius 1 is 1.17 bits per heavy atom. The monoisotopic (exact) mass is 334 g/mol. The van der Waals surface area contributed by atoms with E-state index in [1.54, 1.807) is 18.2 Å². The molecule has 1 aliphatic heterocycles. The molecule has 0 aromatic heterocycles. The fourth-order valence-corrected chi connectivity index (χ4v) is 2.39. The van der Waals surface area contributed by atoms with Crippen molar-refractivity contribution in [2.45, 2.75) is 25.8 Å². The normalized spacial score (nSPS) is 13.9. The second kappa shape index (κ2) is 8.04. The molecule has 2 rings (SSSR count). The highest BCUT2D eigenvalue weighted by Gasteiger charge is 2.27. The number of carbonyl (C=O) groups excluding carboxylic acids is 3. The van der Waals surface area contributed by atoms with E-state index in [1.807, 2.05) is 0 Å². The summed E-state index contributed by atoms with van der Waals surface area (Å²) < 4.78 is 0. The number of para-hydroxylation sites is 1. The summed E-state index contributed by atoms with van der Waals surface area (Å²) in [7, 11) is 0. The number of nitrogens with zero attached hydrogens (tertiary/aromatic N) is 2. The van der Waals surface area contributed by atoms with Crippen LogP contribution < -0.4 is 10.6 Å². The second-order valence-corrected chi connectivity index (χ2v) is 5.29. The van der Waals surface area contributed by atoms with Crippen LogP contribution in [0.2, 0.25) is 0 Å². The molecule has 1 aromatic carbocycles. The minimum Gasteiger partial charge on any atom is -0.338 e. The van der Waals surface area contributed by atoms with Crippen molar-refractivity contribution >= 4 is 23.5 Å². The van der Waals surface area contributed by atoms with E-state index in [2.05, 4.69) is 10.6 Å². The SMILES string of the molecule is O=C(NCCCN1C(=O)CCC1=O)NCc1ccccc1[N+](=O)[O-]. The average Bonchev–Trinajstić information content (AvgIpc) is 2.88. The molecule has 1 aromatic rings. The highest BCUT2D eigenvalue weighted by molar-refractivity contribution is 6.01. The van der Waals surface area contributed by atoms with E-state index in [0.717, 1.165) is 0 Å². The first-order valence-electron chi connectivity index (χ1n) is 7.56. The van der Waals surface area contributed by atoms with Gasteiger partial charge in [0.1, 0.15) is 0 Å². The number of likely N-dealkylation sites (tertiary alicyclic amines) is 1. The predicted molar refractivity (Wildman–Crippen MR) is 83.9 cm³/mol. The van der Waals surface area contributed by atoms with Crippen LogP contribution in [0.15, 0.2) is 24.3 Å². The first-order valence-corrected chi connectivity index (χ1v) is 7.56. The molecule has 0 radical (unpaired) electrons. The minimum atomic E-state index is -0.501. The van der Waals surface area contributed by atoms with Crippen molar-refractivity contribution in [3.63, 3.8) is 0 Å². The van der Waals surface area contributed by atoms with Crippen LogP contribution in [0.3, 0.4) is 0 Å². The third-order valence-electron chi connectivity index (χ3n) is 3.63. The van der Waals surface area contributed by atoms with E-state index in [1.165, 1.54) is 11.0 Å². The van der Waals surface area contributed by atoms with Gasteiger partial charge in [-0.3, -0.25) is 24.6 Å². The number of carbonyl (C=O) groups is 3. The molecular formula is C15H18N4O5. The van der Waals surface area contributed by atoms with E-state index in [0.29, 0.717) is 18.5 Å². The molecule has 9 heteroatoms. The van der Waals surface area contributed by atoms with Gasteiger partial charge in [0.15, 0.2) is 0 Å². The molecule has 1 heterocycles. The fourth-order valence-electron chi connectivity index (χ4n) is 2.39. The average molecular weight is 334 g/mol. The Morgan fingerprint density at radius 2 is 1.83 bits per heavy atom. The van der Waals surface area contributed by atoms with Gasteiger partial charge in [0.25, 0.3) is 5.69 Å². The Hall–Kier alpha value is -2.97. The number of benzene rings is 1. The lowest BCUT2D eigenvalue weighted by atomic mass is 10.2. The lowest BCUT2D eigenvalue weighted by Gasteiger charge is -2.13. The van der Waals surface area contributed by atoms with Crippen LogP contribution in [-0.4, -0.2) is 40.8 Å². The maximum absolute atomic E-state index is 11.7. The summed E-state index contributed by atoms with van der Waals surface area (Å²) in [5.74, 6) is -0.360. The highest BCUT2D eigenvalue weighted by Crippen LogP contribution is 2.17. The van der Waals surface area contributed by atoms with Crippen LogP contribution >= 0.6 is 0 Å². The van der Waals surface area contributed by atoms with Gasteiger partial charge in [-0.25, -0.2) is 4.79 Å². The van der Waals surface area contributed by atoms with Crippen LogP contribution in [-0.2, 0) is 16.1 Å². The summed E-state index contributed by atoms with van der Waals surface area (Å²) in [5, 5.41) is 16.0. The van der Waals surface area contributed by atoms with Crippen molar-refractivity contribution in [1.29, 1.82) is 0 Å².